The van der Waals surface area contributed by atoms with Crippen LogP contribution in [0.5, 0.6) is 0 Å². The van der Waals surface area contributed by atoms with E-state index in [0.717, 1.165) is 38.6 Å². The molecule has 16 heavy (non-hydrogen) atoms. The number of hydrogen-bond donors (Lipinski definition) is 1. The fraction of sp³-hybridized carbons (Fsp3) is 1.00. The highest BCUT2D eigenvalue weighted by Crippen LogP contribution is 2.33. The Hall–Kier alpha value is -0.120. The van der Waals surface area contributed by atoms with Gasteiger partial charge in [-0.05, 0) is 32.7 Å². The van der Waals surface area contributed by atoms with E-state index in [-0.39, 0.29) is 5.41 Å². The van der Waals surface area contributed by atoms with Gasteiger partial charge in [0.2, 0.25) is 0 Å². The van der Waals surface area contributed by atoms with E-state index in [4.69, 9.17) is 4.74 Å². The Morgan fingerprint density at radius 3 is 2.44 bits per heavy atom. The highest BCUT2D eigenvalue weighted by atomic mass is 16.5. The van der Waals surface area contributed by atoms with Crippen molar-refractivity contribution >= 4 is 0 Å². The van der Waals surface area contributed by atoms with Crippen molar-refractivity contribution in [1.29, 1.82) is 0 Å². The van der Waals surface area contributed by atoms with Gasteiger partial charge in [-0.15, -0.1) is 0 Å². The molecular formula is C13H25NO2. The first-order valence-corrected chi connectivity index (χ1v) is 6.65. The zero-order valence-corrected chi connectivity index (χ0v) is 10.5. The summed E-state index contributed by atoms with van der Waals surface area (Å²) in [5.74, 6) is 0. The van der Waals surface area contributed by atoms with E-state index in [2.05, 4.69) is 11.9 Å². The molecule has 3 nitrogen and oxygen atoms in total. The largest absolute Gasteiger partial charge is 0.396 e. The molecule has 3 heteroatoms. The van der Waals surface area contributed by atoms with Gasteiger partial charge < -0.3 is 14.7 Å². The summed E-state index contributed by atoms with van der Waals surface area (Å²) in [6.45, 7) is 2.99. The van der Waals surface area contributed by atoms with Crippen LogP contribution >= 0.6 is 0 Å². The average Bonchev–Trinajstić information content (AvgIpc) is 2.84. The predicted molar refractivity (Wildman–Crippen MR) is 64.5 cm³/mol. The first-order valence-electron chi connectivity index (χ1n) is 6.65. The van der Waals surface area contributed by atoms with Crippen LogP contribution < -0.4 is 0 Å². The Kier molecular flexibility index (Phi) is 4.22. The molecule has 2 rings (SSSR count). The van der Waals surface area contributed by atoms with E-state index in [1.807, 2.05) is 0 Å². The van der Waals surface area contributed by atoms with Gasteiger partial charge in [-0.3, -0.25) is 0 Å². The summed E-state index contributed by atoms with van der Waals surface area (Å²) >= 11 is 0. The summed E-state index contributed by atoms with van der Waals surface area (Å²) in [5, 5.41) is 9.65. The van der Waals surface area contributed by atoms with Crippen LogP contribution in [0.25, 0.3) is 0 Å². The molecule has 1 aliphatic carbocycles. The zero-order valence-electron chi connectivity index (χ0n) is 10.5. The molecule has 0 radical (unpaired) electrons. The zero-order chi connectivity index (χ0) is 11.4. The van der Waals surface area contributed by atoms with E-state index >= 15 is 0 Å². The molecule has 1 saturated carbocycles. The predicted octanol–water partition coefficient (Wildman–Crippen LogP) is 1.65. The van der Waals surface area contributed by atoms with Crippen molar-refractivity contribution < 1.29 is 9.84 Å². The van der Waals surface area contributed by atoms with Crippen molar-refractivity contribution in [3.63, 3.8) is 0 Å². The first-order chi connectivity index (χ1) is 7.76. The van der Waals surface area contributed by atoms with Gasteiger partial charge in [-0.2, -0.15) is 0 Å². The van der Waals surface area contributed by atoms with E-state index in [1.165, 1.54) is 25.7 Å². The summed E-state index contributed by atoms with van der Waals surface area (Å²) in [4.78, 5) is 2.48. The van der Waals surface area contributed by atoms with Crippen LogP contribution in [-0.2, 0) is 4.74 Å². The normalized spacial score (nSPS) is 26.4. The van der Waals surface area contributed by atoms with Crippen molar-refractivity contribution in [3.8, 4) is 0 Å². The second-order valence-electron chi connectivity index (χ2n) is 5.62. The second-order valence-corrected chi connectivity index (χ2v) is 5.62. The van der Waals surface area contributed by atoms with Crippen molar-refractivity contribution in [3.05, 3.63) is 0 Å². The van der Waals surface area contributed by atoms with Gasteiger partial charge in [0.25, 0.3) is 0 Å². The third-order valence-electron chi connectivity index (χ3n) is 4.42. The van der Waals surface area contributed by atoms with Gasteiger partial charge >= 0.3 is 0 Å². The highest BCUT2D eigenvalue weighted by molar-refractivity contribution is 4.87. The van der Waals surface area contributed by atoms with Gasteiger partial charge in [-0.1, -0.05) is 12.8 Å². The van der Waals surface area contributed by atoms with Crippen molar-refractivity contribution in [2.24, 2.45) is 5.41 Å². The average molecular weight is 227 g/mol. The Morgan fingerprint density at radius 2 is 1.88 bits per heavy atom. The lowest BCUT2D eigenvalue weighted by atomic mass is 9.80. The van der Waals surface area contributed by atoms with E-state index in [1.54, 1.807) is 0 Å². The number of hydrogen-bond acceptors (Lipinski definition) is 3. The van der Waals surface area contributed by atoms with Crippen molar-refractivity contribution in [1.82, 2.24) is 4.90 Å². The SMILES string of the molecule is CN(CC1(CO)CCOCC1)C1CCCC1. The van der Waals surface area contributed by atoms with Crippen LogP contribution in [0, 0.1) is 5.41 Å². The fourth-order valence-corrected chi connectivity index (χ4v) is 3.17. The molecule has 0 aromatic carbocycles. The van der Waals surface area contributed by atoms with Gasteiger partial charge in [-0.25, -0.2) is 0 Å². The summed E-state index contributed by atoms with van der Waals surface area (Å²) < 4.78 is 5.40. The Balaban J connectivity index is 1.89. The maximum atomic E-state index is 9.65. The monoisotopic (exact) mass is 227 g/mol. The number of aliphatic hydroxyl groups excluding tert-OH is 1. The summed E-state index contributed by atoms with van der Waals surface area (Å²) in [7, 11) is 2.23. The number of aliphatic hydroxyl groups is 1. The van der Waals surface area contributed by atoms with E-state index in [0.29, 0.717) is 6.61 Å². The highest BCUT2D eigenvalue weighted by Gasteiger charge is 2.35. The van der Waals surface area contributed by atoms with Crippen LogP contribution in [0.15, 0.2) is 0 Å². The van der Waals surface area contributed by atoms with Gasteiger partial charge in [0.1, 0.15) is 0 Å². The summed E-state index contributed by atoms with van der Waals surface area (Å²) in [6, 6.07) is 0.756. The Labute approximate surface area is 98.8 Å². The van der Waals surface area contributed by atoms with Crippen LogP contribution in [0.3, 0.4) is 0 Å². The third kappa shape index (κ3) is 2.76. The minimum absolute atomic E-state index is 0.107. The first kappa shape index (κ1) is 12.3. The van der Waals surface area contributed by atoms with Gasteiger partial charge in [0.05, 0.1) is 6.61 Å². The Morgan fingerprint density at radius 1 is 1.25 bits per heavy atom. The smallest absolute Gasteiger partial charge is 0.0501 e. The maximum Gasteiger partial charge on any atom is 0.0501 e. The van der Waals surface area contributed by atoms with Crippen LogP contribution in [-0.4, -0.2) is 49.5 Å². The topological polar surface area (TPSA) is 32.7 Å². The minimum Gasteiger partial charge on any atom is -0.396 e. The molecule has 0 aromatic rings. The molecule has 2 fully saturated rings. The van der Waals surface area contributed by atoms with Crippen molar-refractivity contribution in [2.75, 3.05) is 33.4 Å². The molecule has 0 aromatic heterocycles. The molecule has 0 bridgehead atoms. The number of ether oxygens (including phenoxy) is 1. The van der Waals surface area contributed by atoms with Crippen LogP contribution in [0.4, 0.5) is 0 Å². The maximum absolute atomic E-state index is 9.65. The number of rotatable bonds is 4. The molecule has 2 aliphatic rings. The molecule has 0 unspecified atom stereocenters. The Bertz CT molecular complexity index is 208. The standard InChI is InChI=1S/C13H25NO2/c1-14(12-4-2-3-5-12)10-13(11-15)6-8-16-9-7-13/h12,15H,2-11H2,1H3. The lowest BCUT2D eigenvalue weighted by Crippen LogP contribution is -2.45. The summed E-state index contributed by atoms with van der Waals surface area (Å²) in [6.07, 6.45) is 7.47. The third-order valence-corrected chi connectivity index (χ3v) is 4.42. The molecule has 0 amide bonds. The molecule has 1 N–H and O–H groups in total. The van der Waals surface area contributed by atoms with E-state index < -0.39 is 0 Å². The molecule has 1 saturated heterocycles. The van der Waals surface area contributed by atoms with Crippen molar-refractivity contribution in [2.45, 2.75) is 44.6 Å². The minimum atomic E-state index is 0.107. The lowest BCUT2D eigenvalue weighted by molar-refractivity contribution is -0.0358. The van der Waals surface area contributed by atoms with Crippen LogP contribution in [0.2, 0.25) is 0 Å². The lowest BCUT2D eigenvalue weighted by Gasteiger charge is -2.40. The second kappa shape index (κ2) is 5.48. The summed E-state index contributed by atoms with van der Waals surface area (Å²) in [5.41, 5.74) is 0.107. The molecule has 0 spiro atoms. The quantitative estimate of drug-likeness (QED) is 0.792. The fourth-order valence-electron chi connectivity index (χ4n) is 3.17. The molecule has 1 heterocycles. The van der Waals surface area contributed by atoms with Gasteiger partial charge in [0, 0.05) is 31.2 Å². The molecular weight excluding hydrogens is 202 g/mol. The molecule has 1 aliphatic heterocycles. The molecule has 0 atom stereocenters. The molecule has 94 valence electrons. The number of nitrogens with zero attached hydrogens (tertiary/aromatic N) is 1. The van der Waals surface area contributed by atoms with Crippen LogP contribution in [0.1, 0.15) is 38.5 Å². The van der Waals surface area contributed by atoms with E-state index in [9.17, 15) is 5.11 Å². The van der Waals surface area contributed by atoms with Gasteiger partial charge in [0.15, 0.2) is 0 Å².